The first-order chi connectivity index (χ1) is 8.83. The van der Waals surface area contributed by atoms with Gasteiger partial charge in [0.05, 0.1) is 0 Å². The van der Waals surface area contributed by atoms with Crippen LogP contribution in [0.15, 0.2) is 0 Å². The van der Waals surface area contributed by atoms with Gasteiger partial charge in [-0.2, -0.15) is 0 Å². The van der Waals surface area contributed by atoms with Crippen molar-refractivity contribution in [2.45, 2.75) is 57.9 Å². The van der Waals surface area contributed by atoms with Crippen molar-refractivity contribution >= 4 is 5.97 Å². The van der Waals surface area contributed by atoms with Crippen LogP contribution in [-0.2, 0) is 4.79 Å². The van der Waals surface area contributed by atoms with Crippen LogP contribution in [0, 0.1) is 11.3 Å². The van der Waals surface area contributed by atoms with Gasteiger partial charge in [-0.1, -0.05) is 20.3 Å². The summed E-state index contributed by atoms with van der Waals surface area (Å²) in [7, 11) is 0. The second-order valence-electron chi connectivity index (χ2n) is 7.27. The number of carbonyl (C=O) groups is 1. The van der Waals surface area contributed by atoms with Gasteiger partial charge in [-0.15, -0.1) is 0 Å². The standard InChI is InChI=1S/C15H28N2O2/c1-14(2)7-4-9-17(11-14)10-6-12-5-3-8-15(12,16)13(18)19/h12H,3-11,16H2,1-2H3,(H,18,19). The highest BCUT2D eigenvalue weighted by atomic mass is 16.4. The van der Waals surface area contributed by atoms with Gasteiger partial charge in [0.2, 0.25) is 0 Å². The van der Waals surface area contributed by atoms with Crippen molar-refractivity contribution in [3.05, 3.63) is 0 Å². The number of carboxylic acids is 1. The van der Waals surface area contributed by atoms with Crippen molar-refractivity contribution in [3.8, 4) is 0 Å². The maximum Gasteiger partial charge on any atom is 0.323 e. The molecule has 0 spiro atoms. The van der Waals surface area contributed by atoms with E-state index in [2.05, 4.69) is 18.7 Å². The zero-order valence-electron chi connectivity index (χ0n) is 12.3. The lowest BCUT2D eigenvalue weighted by atomic mass is 9.83. The quantitative estimate of drug-likeness (QED) is 0.819. The number of piperidine rings is 1. The Morgan fingerprint density at radius 2 is 2.11 bits per heavy atom. The van der Waals surface area contributed by atoms with E-state index in [1.807, 2.05) is 0 Å². The highest BCUT2D eigenvalue weighted by Gasteiger charge is 2.45. The SMILES string of the molecule is CC1(C)CCCN(CCC2CCCC2(N)C(=O)O)C1. The molecule has 0 bridgehead atoms. The Bertz CT molecular complexity index is 343. The van der Waals surface area contributed by atoms with Crippen molar-refractivity contribution in [1.29, 1.82) is 0 Å². The molecule has 2 aliphatic rings. The largest absolute Gasteiger partial charge is 0.480 e. The monoisotopic (exact) mass is 268 g/mol. The third-order valence-corrected chi connectivity index (χ3v) is 5.04. The molecular weight excluding hydrogens is 240 g/mol. The fourth-order valence-electron chi connectivity index (χ4n) is 3.86. The smallest absolute Gasteiger partial charge is 0.323 e. The Kier molecular flexibility index (Phi) is 4.21. The number of hydrogen-bond acceptors (Lipinski definition) is 3. The zero-order valence-corrected chi connectivity index (χ0v) is 12.3. The number of nitrogens with two attached hydrogens (primary N) is 1. The lowest BCUT2D eigenvalue weighted by molar-refractivity contribution is -0.144. The highest BCUT2D eigenvalue weighted by Crippen LogP contribution is 2.37. The molecule has 2 unspecified atom stereocenters. The van der Waals surface area contributed by atoms with E-state index in [-0.39, 0.29) is 5.92 Å². The van der Waals surface area contributed by atoms with Gasteiger partial charge in [0, 0.05) is 6.54 Å². The average molecular weight is 268 g/mol. The van der Waals surface area contributed by atoms with Crippen LogP contribution in [0.3, 0.4) is 0 Å². The number of aliphatic carboxylic acids is 1. The molecule has 1 heterocycles. The minimum absolute atomic E-state index is 0.148. The minimum Gasteiger partial charge on any atom is -0.480 e. The zero-order chi connectivity index (χ0) is 14.1. The van der Waals surface area contributed by atoms with Crippen LogP contribution < -0.4 is 5.73 Å². The molecule has 0 aromatic rings. The van der Waals surface area contributed by atoms with Gasteiger partial charge in [-0.25, -0.2) is 0 Å². The van der Waals surface area contributed by atoms with Gasteiger partial charge < -0.3 is 15.7 Å². The Balaban J connectivity index is 1.87. The van der Waals surface area contributed by atoms with Crippen molar-refractivity contribution in [2.24, 2.45) is 17.1 Å². The van der Waals surface area contributed by atoms with Gasteiger partial charge in [-0.3, -0.25) is 4.79 Å². The summed E-state index contributed by atoms with van der Waals surface area (Å²) in [5.74, 6) is -0.663. The molecule has 1 saturated heterocycles. The average Bonchev–Trinajstić information content (AvgIpc) is 2.68. The molecule has 3 N–H and O–H groups in total. The Labute approximate surface area is 116 Å². The molecule has 110 valence electrons. The molecule has 0 aromatic heterocycles. The van der Waals surface area contributed by atoms with Crippen LogP contribution in [0.2, 0.25) is 0 Å². The van der Waals surface area contributed by atoms with Crippen LogP contribution in [0.1, 0.15) is 52.4 Å². The molecule has 1 aliphatic carbocycles. The number of nitrogens with zero attached hydrogens (tertiary/aromatic N) is 1. The fourth-order valence-corrected chi connectivity index (χ4v) is 3.86. The highest BCUT2D eigenvalue weighted by molar-refractivity contribution is 5.79. The first kappa shape index (κ1) is 14.8. The molecule has 2 fully saturated rings. The van der Waals surface area contributed by atoms with E-state index >= 15 is 0 Å². The van der Waals surface area contributed by atoms with Crippen LogP contribution in [-0.4, -0.2) is 41.1 Å². The number of hydrogen-bond donors (Lipinski definition) is 2. The summed E-state index contributed by atoms with van der Waals surface area (Å²) in [5, 5.41) is 9.32. The molecule has 4 nitrogen and oxygen atoms in total. The molecule has 4 heteroatoms. The lowest BCUT2D eigenvalue weighted by Gasteiger charge is -2.39. The third kappa shape index (κ3) is 3.29. The lowest BCUT2D eigenvalue weighted by Crippen LogP contribution is -2.52. The fraction of sp³-hybridized carbons (Fsp3) is 0.933. The van der Waals surface area contributed by atoms with Gasteiger partial charge in [0.25, 0.3) is 0 Å². The molecule has 1 saturated carbocycles. The molecule has 0 amide bonds. The Morgan fingerprint density at radius 3 is 2.74 bits per heavy atom. The molecule has 2 atom stereocenters. The predicted octanol–water partition coefficient (Wildman–Crippen LogP) is 2.08. The first-order valence-electron chi connectivity index (χ1n) is 7.58. The summed E-state index contributed by atoms with van der Waals surface area (Å²) in [6.45, 7) is 7.92. The van der Waals surface area contributed by atoms with Gasteiger partial charge in [-0.05, 0) is 56.5 Å². The maximum absolute atomic E-state index is 11.3. The summed E-state index contributed by atoms with van der Waals surface area (Å²) in [4.78, 5) is 13.8. The molecular formula is C15H28N2O2. The van der Waals surface area contributed by atoms with E-state index in [1.54, 1.807) is 0 Å². The normalized spacial score (nSPS) is 35.4. The van der Waals surface area contributed by atoms with E-state index < -0.39 is 11.5 Å². The Hall–Kier alpha value is -0.610. The van der Waals surface area contributed by atoms with Crippen LogP contribution in [0.4, 0.5) is 0 Å². The summed E-state index contributed by atoms with van der Waals surface area (Å²) >= 11 is 0. The predicted molar refractivity (Wildman–Crippen MR) is 76.0 cm³/mol. The van der Waals surface area contributed by atoms with Crippen molar-refractivity contribution in [2.75, 3.05) is 19.6 Å². The van der Waals surface area contributed by atoms with Gasteiger partial charge in [0.15, 0.2) is 0 Å². The van der Waals surface area contributed by atoms with Crippen molar-refractivity contribution in [3.63, 3.8) is 0 Å². The maximum atomic E-state index is 11.3. The summed E-state index contributed by atoms with van der Waals surface area (Å²) in [5.41, 5.74) is 5.53. The molecule has 0 radical (unpaired) electrons. The van der Waals surface area contributed by atoms with Crippen LogP contribution >= 0.6 is 0 Å². The van der Waals surface area contributed by atoms with E-state index in [0.29, 0.717) is 11.8 Å². The van der Waals surface area contributed by atoms with Gasteiger partial charge in [0.1, 0.15) is 5.54 Å². The van der Waals surface area contributed by atoms with E-state index in [0.717, 1.165) is 38.9 Å². The van der Waals surface area contributed by atoms with Crippen LogP contribution in [0.25, 0.3) is 0 Å². The van der Waals surface area contributed by atoms with Gasteiger partial charge >= 0.3 is 5.97 Å². The topological polar surface area (TPSA) is 66.6 Å². The second-order valence-corrected chi connectivity index (χ2v) is 7.27. The third-order valence-electron chi connectivity index (χ3n) is 5.04. The molecule has 19 heavy (non-hydrogen) atoms. The summed E-state index contributed by atoms with van der Waals surface area (Å²) in [6.07, 6.45) is 6.05. The van der Waals surface area contributed by atoms with Crippen LogP contribution in [0.5, 0.6) is 0 Å². The van der Waals surface area contributed by atoms with E-state index in [4.69, 9.17) is 5.73 Å². The Morgan fingerprint density at radius 1 is 1.37 bits per heavy atom. The minimum atomic E-state index is -0.967. The molecule has 1 aliphatic heterocycles. The van der Waals surface area contributed by atoms with E-state index in [9.17, 15) is 9.90 Å². The summed E-state index contributed by atoms with van der Waals surface area (Å²) < 4.78 is 0. The second kappa shape index (κ2) is 5.41. The molecule has 0 aromatic carbocycles. The summed E-state index contributed by atoms with van der Waals surface area (Å²) in [6, 6.07) is 0. The first-order valence-corrected chi connectivity index (χ1v) is 7.58. The number of rotatable bonds is 4. The number of carboxylic acid groups (broad SMARTS) is 1. The number of likely N-dealkylation sites (tertiary alicyclic amines) is 1. The van der Waals surface area contributed by atoms with E-state index in [1.165, 1.54) is 12.8 Å². The van der Waals surface area contributed by atoms with Crippen molar-refractivity contribution < 1.29 is 9.90 Å². The van der Waals surface area contributed by atoms with Crippen molar-refractivity contribution in [1.82, 2.24) is 4.90 Å². The molecule has 2 rings (SSSR count).